The molecule has 0 radical (unpaired) electrons. The molecule has 6 nitrogen and oxygen atoms in total. The molecule has 0 spiro atoms. The van der Waals surface area contributed by atoms with E-state index in [2.05, 4.69) is 15.6 Å². The molecule has 2 aromatic carbocycles. The highest BCUT2D eigenvalue weighted by atomic mass is 32.2. The van der Waals surface area contributed by atoms with Crippen molar-refractivity contribution in [2.75, 3.05) is 20.1 Å². The van der Waals surface area contributed by atoms with Crippen molar-refractivity contribution in [2.24, 2.45) is 4.99 Å². The van der Waals surface area contributed by atoms with Crippen molar-refractivity contribution in [3.63, 3.8) is 0 Å². The van der Waals surface area contributed by atoms with Gasteiger partial charge in [-0.1, -0.05) is 30.7 Å². The van der Waals surface area contributed by atoms with Crippen LogP contribution in [-0.4, -0.2) is 38.8 Å². The van der Waals surface area contributed by atoms with Gasteiger partial charge in [-0.15, -0.1) is 0 Å². The zero-order valence-corrected chi connectivity index (χ0v) is 17.4. The molecule has 0 bridgehead atoms. The van der Waals surface area contributed by atoms with E-state index in [0.717, 1.165) is 30.4 Å². The molecule has 0 aliphatic carbocycles. The van der Waals surface area contributed by atoms with E-state index in [1.54, 1.807) is 35.6 Å². The second kappa shape index (κ2) is 9.84. The third-order valence-corrected chi connectivity index (χ3v) is 6.85. The lowest BCUT2D eigenvalue weighted by Gasteiger charge is -2.25. The average molecular weight is 419 g/mol. The molecule has 1 saturated heterocycles. The molecule has 156 valence electrons. The topological polar surface area (TPSA) is 73.8 Å². The van der Waals surface area contributed by atoms with E-state index in [0.29, 0.717) is 37.0 Å². The molecule has 1 aliphatic heterocycles. The van der Waals surface area contributed by atoms with Crippen LogP contribution in [0.25, 0.3) is 0 Å². The third kappa shape index (κ3) is 5.77. The maximum atomic E-state index is 13.0. The predicted molar refractivity (Wildman–Crippen MR) is 112 cm³/mol. The van der Waals surface area contributed by atoms with Crippen molar-refractivity contribution in [3.8, 4) is 0 Å². The molecule has 1 fully saturated rings. The summed E-state index contributed by atoms with van der Waals surface area (Å²) in [6.07, 6.45) is 2.93. The van der Waals surface area contributed by atoms with E-state index < -0.39 is 10.0 Å². The maximum absolute atomic E-state index is 13.0. The van der Waals surface area contributed by atoms with E-state index in [9.17, 15) is 12.8 Å². The van der Waals surface area contributed by atoms with Crippen LogP contribution in [0.4, 0.5) is 4.39 Å². The molecule has 0 amide bonds. The first kappa shape index (κ1) is 21.3. The lowest BCUT2D eigenvalue weighted by molar-refractivity contribution is 0.346. The molecule has 0 atom stereocenters. The summed E-state index contributed by atoms with van der Waals surface area (Å²) in [5.41, 5.74) is 1.90. The van der Waals surface area contributed by atoms with Gasteiger partial charge in [-0.2, -0.15) is 4.31 Å². The Morgan fingerprint density at radius 1 is 0.931 bits per heavy atom. The number of nitrogens with zero attached hydrogens (tertiary/aromatic N) is 2. The van der Waals surface area contributed by atoms with E-state index in [1.165, 1.54) is 12.1 Å². The van der Waals surface area contributed by atoms with Crippen LogP contribution in [0.15, 0.2) is 58.4 Å². The van der Waals surface area contributed by atoms with Gasteiger partial charge in [0.1, 0.15) is 5.82 Å². The molecular formula is C21H27FN4O2S. The molecule has 0 aromatic heterocycles. The maximum Gasteiger partial charge on any atom is 0.243 e. The number of hydrogen-bond acceptors (Lipinski definition) is 3. The third-order valence-electron chi connectivity index (χ3n) is 4.93. The monoisotopic (exact) mass is 418 g/mol. The molecule has 0 saturated carbocycles. The molecule has 1 aliphatic rings. The van der Waals surface area contributed by atoms with E-state index in [-0.39, 0.29) is 5.82 Å². The number of sulfonamides is 1. The molecule has 2 N–H and O–H groups in total. The van der Waals surface area contributed by atoms with Crippen LogP contribution in [0.1, 0.15) is 30.4 Å². The van der Waals surface area contributed by atoms with Crippen molar-refractivity contribution in [1.82, 2.24) is 14.9 Å². The summed E-state index contributed by atoms with van der Waals surface area (Å²) in [6.45, 7) is 2.23. The van der Waals surface area contributed by atoms with Crippen LogP contribution in [0.5, 0.6) is 0 Å². The minimum Gasteiger partial charge on any atom is -0.352 e. The van der Waals surface area contributed by atoms with Crippen LogP contribution in [-0.2, 0) is 23.1 Å². The van der Waals surface area contributed by atoms with Gasteiger partial charge in [-0.3, -0.25) is 4.99 Å². The summed E-state index contributed by atoms with van der Waals surface area (Å²) in [6, 6.07) is 13.2. The van der Waals surface area contributed by atoms with Crippen LogP contribution in [0.3, 0.4) is 0 Å². The Labute approximate surface area is 171 Å². The first-order valence-corrected chi connectivity index (χ1v) is 11.2. The first-order valence-electron chi connectivity index (χ1n) is 9.77. The number of halogens is 1. The van der Waals surface area contributed by atoms with Gasteiger partial charge in [0, 0.05) is 33.2 Å². The molecule has 2 aromatic rings. The second-order valence-corrected chi connectivity index (χ2v) is 8.95. The Bertz CT molecular complexity index is 922. The number of guanidine groups is 1. The SMILES string of the molecule is CN=C(NCc1ccc(F)cc1)NCc1ccc(S(=O)(=O)N2CCCCC2)cc1. The van der Waals surface area contributed by atoms with E-state index >= 15 is 0 Å². The van der Waals surface area contributed by atoms with Crippen molar-refractivity contribution >= 4 is 16.0 Å². The second-order valence-electron chi connectivity index (χ2n) is 7.01. The summed E-state index contributed by atoms with van der Waals surface area (Å²) in [4.78, 5) is 4.51. The Kier molecular flexibility index (Phi) is 7.22. The molecular weight excluding hydrogens is 391 g/mol. The molecule has 1 heterocycles. The highest BCUT2D eigenvalue weighted by Crippen LogP contribution is 2.20. The van der Waals surface area contributed by atoms with Crippen molar-refractivity contribution < 1.29 is 12.8 Å². The number of hydrogen-bond donors (Lipinski definition) is 2. The smallest absolute Gasteiger partial charge is 0.243 e. The van der Waals surface area contributed by atoms with Gasteiger partial charge >= 0.3 is 0 Å². The van der Waals surface area contributed by atoms with Gasteiger partial charge < -0.3 is 10.6 Å². The van der Waals surface area contributed by atoms with Gasteiger partial charge in [-0.25, -0.2) is 12.8 Å². The summed E-state index contributed by atoms with van der Waals surface area (Å²) in [5.74, 6) is 0.348. The normalized spacial score (nSPS) is 15.9. The predicted octanol–water partition coefficient (Wildman–Crippen LogP) is 2.87. The highest BCUT2D eigenvalue weighted by Gasteiger charge is 2.25. The fourth-order valence-corrected chi connectivity index (χ4v) is 4.75. The minimum atomic E-state index is -3.41. The summed E-state index contributed by atoms with van der Waals surface area (Å²) < 4.78 is 40.0. The van der Waals surface area contributed by atoms with Crippen LogP contribution < -0.4 is 10.6 Å². The van der Waals surface area contributed by atoms with E-state index in [1.807, 2.05) is 12.1 Å². The molecule has 3 rings (SSSR count). The molecule has 29 heavy (non-hydrogen) atoms. The van der Waals surface area contributed by atoms with Crippen LogP contribution in [0.2, 0.25) is 0 Å². The summed E-state index contributed by atoms with van der Waals surface area (Å²) in [7, 11) is -1.73. The van der Waals surface area contributed by atoms with Crippen molar-refractivity contribution in [1.29, 1.82) is 0 Å². The number of rotatable bonds is 6. The van der Waals surface area contributed by atoms with Crippen molar-refractivity contribution in [3.05, 3.63) is 65.5 Å². The minimum absolute atomic E-state index is 0.262. The zero-order valence-electron chi connectivity index (χ0n) is 16.6. The number of piperidine rings is 1. The number of nitrogens with one attached hydrogen (secondary N) is 2. The standard InChI is InChI=1S/C21H27FN4O2S/c1-23-21(24-15-17-5-9-19(22)10-6-17)25-16-18-7-11-20(12-8-18)29(27,28)26-13-3-2-4-14-26/h5-12H,2-4,13-16H2,1H3,(H2,23,24,25). The van der Waals surface area contributed by atoms with Crippen molar-refractivity contribution in [2.45, 2.75) is 37.2 Å². The van der Waals surface area contributed by atoms with E-state index in [4.69, 9.17) is 0 Å². The highest BCUT2D eigenvalue weighted by molar-refractivity contribution is 7.89. The molecule has 8 heteroatoms. The Morgan fingerprint density at radius 3 is 1.97 bits per heavy atom. The molecule has 0 unspecified atom stereocenters. The largest absolute Gasteiger partial charge is 0.352 e. The van der Waals surface area contributed by atoms with Gasteiger partial charge in [-0.05, 0) is 48.2 Å². The summed E-state index contributed by atoms with van der Waals surface area (Å²) >= 11 is 0. The fourth-order valence-electron chi connectivity index (χ4n) is 3.23. The quantitative estimate of drug-likeness (QED) is 0.559. The lowest BCUT2D eigenvalue weighted by atomic mass is 10.2. The Morgan fingerprint density at radius 2 is 1.45 bits per heavy atom. The zero-order chi connectivity index (χ0) is 20.7. The summed E-state index contributed by atoms with van der Waals surface area (Å²) in [5, 5.41) is 6.36. The average Bonchev–Trinajstić information content (AvgIpc) is 2.76. The van der Waals surface area contributed by atoms with Gasteiger partial charge in [0.15, 0.2) is 5.96 Å². The fraction of sp³-hybridized carbons (Fsp3) is 0.381. The van der Waals surface area contributed by atoms with Crippen LogP contribution >= 0.6 is 0 Å². The Hall–Kier alpha value is -2.45. The first-order chi connectivity index (χ1) is 14.0. The number of aliphatic imine (C=N–C) groups is 1. The Balaban J connectivity index is 1.54. The van der Waals surface area contributed by atoms with Gasteiger partial charge in [0.25, 0.3) is 0 Å². The van der Waals surface area contributed by atoms with Crippen LogP contribution in [0, 0.1) is 5.82 Å². The number of benzene rings is 2. The lowest BCUT2D eigenvalue weighted by Crippen LogP contribution is -2.36. The van der Waals surface area contributed by atoms with Gasteiger partial charge in [0.2, 0.25) is 10.0 Å². The van der Waals surface area contributed by atoms with Gasteiger partial charge in [0.05, 0.1) is 4.90 Å².